The number of rotatable bonds is 7. The molecule has 0 unspecified atom stereocenters. The third-order valence-electron chi connectivity index (χ3n) is 3.86. The lowest BCUT2D eigenvalue weighted by molar-refractivity contribution is -0.136. The van der Waals surface area contributed by atoms with Crippen LogP contribution in [0, 0.1) is 0 Å². The first kappa shape index (κ1) is 16.3. The molecule has 0 spiro atoms. The smallest absolute Gasteiger partial charge is 0.305 e. The van der Waals surface area contributed by atoms with E-state index in [1.54, 1.807) is 12.0 Å². The van der Waals surface area contributed by atoms with Crippen molar-refractivity contribution < 1.29 is 19.4 Å². The van der Waals surface area contributed by atoms with Gasteiger partial charge in [-0.3, -0.25) is 14.5 Å². The standard InChI is InChI=1S/C16H22N2O4/c1-3-17(9-8-16(20)21)13-5-6-14-12(10-13)4-7-15(19)18(14)11-22-2/h5-6,10H,3-4,7-9,11H2,1-2H3,(H,20,21). The Kier molecular flexibility index (Phi) is 5.38. The fourth-order valence-corrected chi connectivity index (χ4v) is 2.71. The number of anilines is 2. The molecule has 1 heterocycles. The second-order valence-corrected chi connectivity index (χ2v) is 5.28. The number of ether oxygens (including phenoxy) is 1. The highest BCUT2D eigenvalue weighted by molar-refractivity contribution is 5.96. The Balaban J connectivity index is 2.23. The second-order valence-electron chi connectivity index (χ2n) is 5.28. The van der Waals surface area contributed by atoms with E-state index in [1.807, 2.05) is 24.0 Å². The summed E-state index contributed by atoms with van der Waals surface area (Å²) in [5.41, 5.74) is 2.98. The number of carbonyl (C=O) groups excluding carboxylic acids is 1. The third kappa shape index (κ3) is 3.57. The van der Waals surface area contributed by atoms with Gasteiger partial charge in [-0.1, -0.05) is 0 Å². The minimum Gasteiger partial charge on any atom is -0.481 e. The molecule has 6 heteroatoms. The van der Waals surface area contributed by atoms with Gasteiger partial charge in [0.25, 0.3) is 0 Å². The first-order chi connectivity index (χ1) is 10.6. The Hall–Kier alpha value is -2.08. The summed E-state index contributed by atoms with van der Waals surface area (Å²) in [4.78, 5) is 26.4. The van der Waals surface area contributed by atoms with Gasteiger partial charge in [-0.25, -0.2) is 0 Å². The number of aliphatic carboxylic acids is 1. The van der Waals surface area contributed by atoms with Crippen molar-refractivity contribution in [1.29, 1.82) is 0 Å². The van der Waals surface area contributed by atoms with Crippen molar-refractivity contribution >= 4 is 23.3 Å². The van der Waals surface area contributed by atoms with Crippen LogP contribution in [0.1, 0.15) is 25.3 Å². The molecule has 6 nitrogen and oxygen atoms in total. The topological polar surface area (TPSA) is 70.1 Å². The molecule has 1 aliphatic heterocycles. The molecule has 1 amide bonds. The largest absolute Gasteiger partial charge is 0.481 e. The molecule has 1 aromatic carbocycles. The zero-order valence-electron chi connectivity index (χ0n) is 13.0. The van der Waals surface area contributed by atoms with Gasteiger partial charge in [0.05, 0.1) is 6.42 Å². The maximum atomic E-state index is 12.0. The quantitative estimate of drug-likeness (QED) is 0.833. The van der Waals surface area contributed by atoms with E-state index >= 15 is 0 Å². The first-order valence-electron chi connectivity index (χ1n) is 7.45. The highest BCUT2D eigenvalue weighted by Gasteiger charge is 2.24. The Morgan fingerprint density at radius 3 is 2.82 bits per heavy atom. The molecule has 0 saturated carbocycles. The lowest BCUT2D eigenvalue weighted by Gasteiger charge is -2.30. The maximum Gasteiger partial charge on any atom is 0.305 e. The van der Waals surface area contributed by atoms with Gasteiger partial charge >= 0.3 is 5.97 Å². The summed E-state index contributed by atoms with van der Waals surface area (Å²) in [5.74, 6) is -0.728. The summed E-state index contributed by atoms with van der Waals surface area (Å²) in [6, 6.07) is 5.91. The summed E-state index contributed by atoms with van der Waals surface area (Å²) in [6.07, 6.45) is 1.29. The maximum absolute atomic E-state index is 12.0. The Bertz CT molecular complexity index is 559. The van der Waals surface area contributed by atoms with Crippen molar-refractivity contribution in [3.05, 3.63) is 23.8 Å². The lowest BCUT2D eigenvalue weighted by atomic mass is 10.0. The van der Waals surface area contributed by atoms with Crippen molar-refractivity contribution in [2.24, 2.45) is 0 Å². The van der Waals surface area contributed by atoms with Crippen LogP contribution in [0.5, 0.6) is 0 Å². The molecular formula is C16H22N2O4. The van der Waals surface area contributed by atoms with Crippen LogP contribution < -0.4 is 9.80 Å². The van der Waals surface area contributed by atoms with Gasteiger partial charge in [0, 0.05) is 38.0 Å². The van der Waals surface area contributed by atoms with Gasteiger partial charge in [-0.05, 0) is 37.1 Å². The minimum absolute atomic E-state index is 0.0697. The number of carboxylic acid groups (broad SMARTS) is 1. The van der Waals surface area contributed by atoms with Gasteiger partial charge in [-0.2, -0.15) is 0 Å². The monoisotopic (exact) mass is 306 g/mol. The van der Waals surface area contributed by atoms with Crippen molar-refractivity contribution in [3.8, 4) is 0 Å². The Labute approximate surface area is 130 Å². The van der Waals surface area contributed by atoms with Crippen LogP contribution in [-0.4, -0.2) is 43.9 Å². The SMILES string of the molecule is CCN(CCC(=O)O)c1ccc2c(c1)CCC(=O)N2COC. The average molecular weight is 306 g/mol. The number of hydrogen-bond donors (Lipinski definition) is 1. The molecule has 0 bridgehead atoms. The number of carboxylic acids is 1. The lowest BCUT2D eigenvalue weighted by Crippen LogP contribution is -2.36. The minimum atomic E-state index is -0.798. The van der Waals surface area contributed by atoms with Crippen molar-refractivity contribution in [3.63, 3.8) is 0 Å². The number of methoxy groups -OCH3 is 1. The van der Waals surface area contributed by atoms with E-state index < -0.39 is 5.97 Å². The molecule has 0 saturated heterocycles. The Morgan fingerprint density at radius 2 is 2.18 bits per heavy atom. The normalized spacial score (nSPS) is 13.9. The van der Waals surface area contributed by atoms with E-state index in [2.05, 4.69) is 6.07 Å². The summed E-state index contributed by atoms with van der Waals surface area (Å²) in [5, 5.41) is 8.84. The van der Waals surface area contributed by atoms with Gasteiger partial charge in [0.15, 0.2) is 0 Å². The van der Waals surface area contributed by atoms with Crippen LogP contribution >= 0.6 is 0 Å². The molecule has 0 radical (unpaired) electrons. The van der Waals surface area contributed by atoms with E-state index in [4.69, 9.17) is 9.84 Å². The fourth-order valence-electron chi connectivity index (χ4n) is 2.71. The highest BCUT2D eigenvalue weighted by Crippen LogP contribution is 2.31. The number of carbonyl (C=O) groups is 2. The van der Waals surface area contributed by atoms with Crippen LogP contribution in [0.3, 0.4) is 0 Å². The van der Waals surface area contributed by atoms with E-state index in [-0.39, 0.29) is 19.1 Å². The fraction of sp³-hybridized carbons (Fsp3) is 0.500. The number of nitrogens with zero attached hydrogens (tertiary/aromatic N) is 2. The molecular weight excluding hydrogens is 284 g/mol. The van der Waals surface area contributed by atoms with E-state index in [9.17, 15) is 9.59 Å². The number of benzene rings is 1. The number of hydrogen-bond acceptors (Lipinski definition) is 4. The molecule has 2 rings (SSSR count). The zero-order chi connectivity index (χ0) is 16.1. The molecule has 22 heavy (non-hydrogen) atoms. The van der Waals surface area contributed by atoms with Crippen molar-refractivity contribution in [2.75, 3.05) is 36.7 Å². The molecule has 1 N–H and O–H groups in total. The van der Waals surface area contributed by atoms with Crippen molar-refractivity contribution in [2.45, 2.75) is 26.2 Å². The molecule has 0 atom stereocenters. The predicted octanol–water partition coefficient (Wildman–Crippen LogP) is 1.87. The number of aryl methyl sites for hydroxylation is 1. The molecule has 0 aliphatic carbocycles. The van der Waals surface area contributed by atoms with E-state index in [1.165, 1.54) is 0 Å². The summed E-state index contributed by atoms with van der Waals surface area (Å²) < 4.78 is 5.10. The molecule has 1 aliphatic rings. The molecule has 120 valence electrons. The summed E-state index contributed by atoms with van der Waals surface area (Å²) in [6.45, 7) is 3.47. The first-order valence-corrected chi connectivity index (χ1v) is 7.45. The average Bonchev–Trinajstić information content (AvgIpc) is 2.50. The van der Waals surface area contributed by atoms with Crippen LogP contribution in [0.25, 0.3) is 0 Å². The van der Waals surface area contributed by atoms with Crippen LogP contribution in [0.4, 0.5) is 11.4 Å². The molecule has 1 aromatic rings. The summed E-state index contributed by atoms with van der Waals surface area (Å²) >= 11 is 0. The Morgan fingerprint density at radius 1 is 1.41 bits per heavy atom. The van der Waals surface area contributed by atoms with Gasteiger partial charge in [-0.15, -0.1) is 0 Å². The highest BCUT2D eigenvalue weighted by atomic mass is 16.5. The summed E-state index contributed by atoms with van der Waals surface area (Å²) in [7, 11) is 1.57. The third-order valence-corrected chi connectivity index (χ3v) is 3.86. The zero-order valence-corrected chi connectivity index (χ0v) is 13.0. The molecule has 0 aromatic heterocycles. The van der Waals surface area contributed by atoms with Gasteiger partial charge in [0.1, 0.15) is 6.73 Å². The number of amides is 1. The van der Waals surface area contributed by atoms with Crippen LogP contribution in [0.15, 0.2) is 18.2 Å². The number of fused-ring (bicyclic) bond motifs is 1. The van der Waals surface area contributed by atoms with Crippen molar-refractivity contribution in [1.82, 2.24) is 0 Å². The molecule has 0 fully saturated rings. The predicted molar refractivity (Wildman–Crippen MR) is 84.3 cm³/mol. The second kappa shape index (κ2) is 7.26. The van der Waals surface area contributed by atoms with Crippen LogP contribution in [-0.2, 0) is 20.7 Å². The van der Waals surface area contributed by atoms with Gasteiger partial charge < -0.3 is 14.7 Å². The van der Waals surface area contributed by atoms with Gasteiger partial charge in [0.2, 0.25) is 5.91 Å². The van der Waals surface area contributed by atoms with E-state index in [0.717, 1.165) is 23.5 Å². The van der Waals surface area contributed by atoms with E-state index in [0.29, 0.717) is 19.4 Å². The van der Waals surface area contributed by atoms with Crippen LogP contribution in [0.2, 0.25) is 0 Å².